The van der Waals surface area contributed by atoms with Gasteiger partial charge < -0.3 is 4.90 Å². The maximum atomic E-state index is 13.3. The Bertz CT molecular complexity index is 458. The van der Waals surface area contributed by atoms with Crippen LogP contribution in [-0.4, -0.2) is 23.9 Å². The van der Waals surface area contributed by atoms with Crippen LogP contribution < -0.4 is 0 Å². The number of amides is 1. The number of likely N-dealkylation sites (tertiary alicyclic amines) is 1. The molecule has 18 heavy (non-hydrogen) atoms. The molecule has 2 aliphatic rings. The van der Waals surface area contributed by atoms with E-state index in [1.54, 1.807) is 6.07 Å². The van der Waals surface area contributed by atoms with Gasteiger partial charge in [0.15, 0.2) is 0 Å². The molecule has 0 spiro atoms. The third kappa shape index (κ3) is 2.24. The van der Waals surface area contributed by atoms with Gasteiger partial charge in [-0.1, -0.05) is 11.6 Å². The lowest BCUT2D eigenvalue weighted by Crippen LogP contribution is -2.40. The summed E-state index contributed by atoms with van der Waals surface area (Å²) in [6.45, 7) is 1.62. The van der Waals surface area contributed by atoms with Crippen LogP contribution in [0.2, 0.25) is 5.02 Å². The molecule has 1 amide bonds. The average molecular weight is 268 g/mol. The van der Waals surface area contributed by atoms with E-state index in [-0.39, 0.29) is 10.9 Å². The van der Waals surface area contributed by atoms with Gasteiger partial charge in [0.05, 0.1) is 0 Å². The molecule has 1 aliphatic heterocycles. The van der Waals surface area contributed by atoms with Crippen molar-refractivity contribution in [1.82, 2.24) is 4.90 Å². The second-order valence-corrected chi connectivity index (χ2v) is 5.85. The Labute approximate surface area is 111 Å². The number of hydrogen-bond donors (Lipinski definition) is 0. The van der Waals surface area contributed by atoms with Crippen molar-refractivity contribution in [2.24, 2.45) is 11.8 Å². The zero-order chi connectivity index (χ0) is 12.7. The van der Waals surface area contributed by atoms with Gasteiger partial charge in [-0.15, -0.1) is 0 Å². The van der Waals surface area contributed by atoms with E-state index in [9.17, 15) is 9.18 Å². The minimum atomic E-state index is -0.453. The molecule has 0 N–H and O–H groups in total. The zero-order valence-electron chi connectivity index (χ0n) is 10.0. The Kier molecular flexibility index (Phi) is 3.02. The van der Waals surface area contributed by atoms with Crippen LogP contribution in [0.1, 0.15) is 29.6 Å². The third-order valence-electron chi connectivity index (χ3n) is 4.00. The summed E-state index contributed by atoms with van der Waals surface area (Å²) >= 11 is 5.79. The first-order valence-corrected chi connectivity index (χ1v) is 6.75. The summed E-state index contributed by atoms with van der Waals surface area (Å²) < 4.78 is 13.3. The van der Waals surface area contributed by atoms with Crippen LogP contribution in [0.3, 0.4) is 0 Å². The van der Waals surface area contributed by atoms with Crippen molar-refractivity contribution in [3.05, 3.63) is 34.6 Å². The highest BCUT2D eigenvalue weighted by atomic mass is 35.5. The lowest BCUT2D eigenvalue weighted by Gasteiger charge is -2.31. The molecule has 2 fully saturated rings. The number of rotatable bonds is 1. The highest BCUT2D eigenvalue weighted by Crippen LogP contribution is 2.36. The molecule has 1 saturated heterocycles. The van der Waals surface area contributed by atoms with Crippen molar-refractivity contribution >= 4 is 17.5 Å². The summed E-state index contributed by atoms with van der Waals surface area (Å²) in [6, 6.07) is 4.03. The Balaban J connectivity index is 1.81. The molecule has 2 atom stereocenters. The minimum absolute atomic E-state index is 0.0898. The average Bonchev–Trinajstić information content (AvgIpc) is 2.66. The molecular formula is C14H15ClFNO. The summed E-state index contributed by atoms with van der Waals surface area (Å²) in [6.07, 6.45) is 3.68. The highest BCUT2D eigenvalue weighted by molar-refractivity contribution is 6.31. The maximum Gasteiger partial charge on any atom is 0.254 e. The zero-order valence-corrected chi connectivity index (χ0v) is 10.8. The van der Waals surface area contributed by atoms with Gasteiger partial charge in [0.25, 0.3) is 5.91 Å². The molecule has 2 bridgehead atoms. The van der Waals surface area contributed by atoms with E-state index < -0.39 is 5.82 Å². The minimum Gasteiger partial charge on any atom is -0.338 e. The Hall–Kier alpha value is -1.09. The van der Waals surface area contributed by atoms with Crippen LogP contribution in [-0.2, 0) is 0 Å². The highest BCUT2D eigenvalue weighted by Gasteiger charge is 2.35. The molecule has 0 unspecified atom stereocenters. The van der Waals surface area contributed by atoms with Crippen LogP contribution in [0.25, 0.3) is 0 Å². The third-order valence-corrected chi connectivity index (χ3v) is 4.22. The van der Waals surface area contributed by atoms with Gasteiger partial charge in [-0.3, -0.25) is 4.79 Å². The van der Waals surface area contributed by atoms with Gasteiger partial charge >= 0.3 is 0 Å². The van der Waals surface area contributed by atoms with E-state index >= 15 is 0 Å². The number of nitrogens with zero attached hydrogens (tertiary/aromatic N) is 1. The summed E-state index contributed by atoms with van der Waals surface area (Å²) in [5.41, 5.74) is 0.362. The summed E-state index contributed by atoms with van der Waals surface area (Å²) in [7, 11) is 0. The van der Waals surface area contributed by atoms with E-state index in [1.807, 2.05) is 4.90 Å². The Morgan fingerprint density at radius 2 is 1.89 bits per heavy atom. The van der Waals surface area contributed by atoms with E-state index in [1.165, 1.54) is 31.4 Å². The van der Waals surface area contributed by atoms with Crippen LogP contribution in [0.4, 0.5) is 4.39 Å². The monoisotopic (exact) mass is 267 g/mol. The second kappa shape index (κ2) is 4.54. The number of carbonyl (C=O) groups excluding carboxylic acids is 1. The lowest BCUT2D eigenvalue weighted by atomic mass is 9.98. The van der Waals surface area contributed by atoms with Crippen molar-refractivity contribution < 1.29 is 9.18 Å². The number of piperidine rings is 1. The molecule has 2 nitrogen and oxygen atoms in total. The molecule has 1 heterocycles. The molecule has 0 radical (unpaired) electrons. The van der Waals surface area contributed by atoms with Crippen molar-refractivity contribution in [2.45, 2.75) is 19.3 Å². The van der Waals surface area contributed by atoms with E-state index in [0.29, 0.717) is 17.4 Å². The summed E-state index contributed by atoms with van der Waals surface area (Å²) in [5, 5.41) is 0.276. The van der Waals surface area contributed by atoms with Gasteiger partial charge in [0, 0.05) is 23.7 Å². The first kappa shape index (κ1) is 12.0. The van der Waals surface area contributed by atoms with Crippen molar-refractivity contribution in [2.75, 3.05) is 13.1 Å². The molecule has 1 aliphatic carbocycles. The SMILES string of the molecule is O=C(c1cc(F)cc(Cl)c1)N1C[C@@H]2CC[C@@H](C2)C1. The number of benzene rings is 1. The molecule has 3 rings (SSSR count). The number of carbonyl (C=O) groups is 1. The van der Waals surface area contributed by atoms with Gasteiger partial charge in [-0.2, -0.15) is 0 Å². The first-order chi connectivity index (χ1) is 8.61. The quantitative estimate of drug-likeness (QED) is 0.764. The first-order valence-electron chi connectivity index (χ1n) is 6.37. The molecule has 4 heteroatoms. The standard InChI is InChI=1S/C14H15ClFNO/c15-12-4-11(5-13(16)6-12)14(18)17-7-9-1-2-10(3-9)8-17/h4-6,9-10H,1-3,7-8H2/t9-,10+. The van der Waals surface area contributed by atoms with Gasteiger partial charge in [-0.25, -0.2) is 4.39 Å². The number of halogens is 2. The van der Waals surface area contributed by atoms with Gasteiger partial charge in [0.2, 0.25) is 0 Å². The smallest absolute Gasteiger partial charge is 0.254 e. The fourth-order valence-electron chi connectivity index (χ4n) is 3.23. The lowest BCUT2D eigenvalue weighted by molar-refractivity contribution is 0.0661. The summed E-state index contributed by atoms with van der Waals surface area (Å²) in [5.74, 6) is 0.729. The van der Waals surface area contributed by atoms with Crippen molar-refractivity contribution in [1.29, 1.82) is 0 Å². The van der Waals surface area contributed by atoms with E-state index in [2.05, 4.69) is 0 Å². The predicted molar refractivity (Wildman–Crippen MR) is 68.1 cm³/mol. The predicted octanol–water partition coefficient (Wildman–Crippen LogP) is 3.35. The fourth-order valence-corrected chi connectivity index (χ4v) is 3.46. The van der Waals surface area contributed by atoms with Crippen molar-refractivity contribution in [3.8, 4) is 0 Å². The van der Waals surface area contributed by atoms with Crippen LogP contribution in [0, 0.1) is 17.7 Å². The molecule has 1 saturated carbocycles. The van der Waals surface area contributed by atoms with E-state index in [4.69, 9.17) is 11.6 Å². The number of fused-ring (bicyclic) bond motifs is 2. The summed E-state index contributed by atoms with van der Waals surface area (Å²) in [4.78, 5) is 14.2. The van der Waals surface area contributed by atoms with Gasteiger partial charge in [-0.05, 0) is 49.3 Å². The second-order valence-electron chi connectivity index (χ2n) is 5.41. The molecule has 1 aromatic carbocycles. The van der Waals surface area contributed by atoms with E-state index in [0.717, 1.165) is 13.1 Å². The molecule has 96 valence electrons. The Morgan fingerprint density at radius 3 is 2.50 bits per heavy atom. The number of hydrogen-bond acceptors (Lipinski definition) is 1. The molecule has 0 aromatic heterocycles. The molecular weight excluding hydrogens is 253 g/mol. The normalized spacial score (nSPS) is 26.4. The van der Waals surface area contributed by atoms with Crippen LogP contribution in [0.15, 0.2) is 18.2 Å². The molecule has 1 aromatic rings. The van der Waals surface area contributed by atoms with Crippen LogP contribution in [0.5, 0.6) is 0 Å². The largest absolute Gasteiger partial charge is 0.338 e. The fraction of sp³-hybridized carbons (Fsp3) is 0.500. The Morgan fingerprint density at radius 1 is 1.22 bits per heavy atom. The van der Waals surface area contributed by atoms with Crippen LogP contribution >= 0.6 is 11.6 Å². The van der Waals surface area contributed by atoms with Crippen molar-refractivity contribution in [3.63, 3.8) is 0 Å². The van der Waals surface area contributed by atoms with Gasteiger partial charge in [0.1, 0.15) is 5.82 Å². The maximum absolute atomic E-state index is 13.3. The topological polar surface area (TPSA) is 20.3 Å².